The molecule has 9 nitrogen and oxygen atoms in total. The van der Waals surface area contributed by atoms with E-state index in [1.807, 2.05) is 19.1 Å². The third-order valence-corrected chi connectivity index (χ3v) is 8.86. The van der Waals surface area contributed by atoms with E-state index >= 15 is 0 Å². The van der Waals surface area contributed by atoms with Gasteiger partial charge >= 0.3 is 0 Å². The Kier molecular flexibility index (Phi) is 10.2. The van der Waals surface area contributed by atoms with Gasteiger partial charge in [0.1, 0.15) is 12.3 Å². The molecule has 4 rings (SSSR count). The van der Waals surface area contributed by atoms with Gasteiger partial charge in [0, 0.05) is 22.9 Å². The van der Waals surface area contributed by atoms with Crippen LogP contribution in [0.5, 0.6) is 17.2 Å². The van der Waals surface area contributed by atoms with E-state index in [0.717, 1.165) is 9.87 Å². The number of hydrogen-bond acceptors (Lipinski definition) is 7. The SMILES string of the molecule is CCOc1ccc(N(CC(=O)Nc2cccc(C(=O)c3ccc(C(C)(C)C)cc3)c2)S(=O)(=O)c2ccc(OC)c(OC)c2)cc1. The van der Waals surface area contributed by atoms with Gasteiger partial charge in [0.2, 0.25) is 5.91 Å². The predicted octanol–water partition coefficient (Wildman–Crippen LogP) is 6.47. The van der Waals surface area contributed by atoms with E-state index in [1.54, 1.807) is 60.7 Å². The van der Waals surface area contributed by atoms with Crippen LogP contribution in [0.4, 0.5) is 11.4 Å². The number of amides is 1. The summed E-state index contributed by atoms with van der Waals surface area (Å²) in [5.74, 6) is 0.347. The summed E-state index contributed by atoms with van der Waals surface area (Å²) in [4.78, 5) is 26.5. The number of methoxy groups -OCH3 is 2. The van der Waals surface area contributed by atoms with Crippen molar-refractivity contribution in [3.05, 3.63) is 108 Å². The molecule has 0 unspecified atom stereocenters. The van der Waals surface area contributed by atoms with Crippen molar-refractivity contribution < 1.29 is 32.2 Å². The molecule has 0 aromatic heterocycles. The number of ketones is 1. The Morgan fingerprint density at radius 3 is 2.07 bits per heavy atom. The molecule has 1 amide bonds. The summed E-state index contributed by atoms with van der Waals surface area (Å²) in [6, 6.07) is 24.6. The molecular formula is C35H38N2O7S. The van der Waals surface area contributed by atoms with Crippen molar-refractivity contribution >= 4 is 33.1 Å². The number of nitrogens with one attached hydrogen (secondary N) is 1. The lowest BCUT2D eigenvalue weighted by Gasteiger charge is -2.25. The molecule has 0 radical (unpaired) electrons. The Morgan fingerprint density at radius 1 is 0.800 bits per heavy atom. The van der Waals surface area contributed by atoms with E-state index in [0.29, 0.717) is 34.9 Å². The molecule has 0 spiro atoms. The number of nitrogens with zero attached hydrogens (tertiary/aromatic N) is 1. The zero-order valence-electron chi connectivity index (χ0n) is 26.3. The summed E-state index contributed by atoms with van der Waals surface area (Å²) in [6.07, 6.45) is 0. The van der Waals surface area contributed by atoms with Gasteiger partial charge in [-0.25, -0.2) is 8.42 Å². The van der Waals surface area contributed by atoms with Gasteiger partial charge in [-0.15, -0.1) is 0 Å². The molecule has 4 aromatic carbocycles. The summed E-state index contributed by atoms with van der Waals surface area (Å²) in [5.41, 5.74) is 2.59. The second-order valence-electron chi connectivity index (χ2n) is 11.2. The Hall–Kier alpha value is -4.83. The van der Waals surface area contributed by atoms with Crippen LogP contribution in [0, 0.1) is 0 Å². The van der Waals surface area contributed by atoms with Gasteiger partial charge in [-0.2, -0.15) is 0 Å². The average Bonchev–Trinajstić information content (AvgIpc) is 3.03. The van der Waals surface area contributed by atoms with Gasteiger partial charge in [-0.05, 0) is 66.4 Å². The van der Waals surface area contributed by atoms with Crippen LogP contribution in [-0.4, -0.2) is 47.5 Å². The fraction of sp³-hybridized carbons (Fsp3) is 0.257. The summed E-state index contributed by atoms with van der Waals surface area (Å²) in [5, 5.41) is 2.75. The molecule has 0 saturated heterocycles. The predicted molar refractivity (Wildman–Crippen MR) is 175 cm³/mol. The van der Waals surface area contributed by atoms with Gasteiger partial charge < -0.3 is 19.5 Å². The number of ether oxygens (including phenoxy) is 3. The minimum absolute atomic E-state index is 0.0437. The Morgan fingerprint density at radius 2 is 1.47 bits per heavy atom. The first-order chi connectivity index (χ1) is 21.4. The number of hydrogen-bond donors (Lipinski definition) is 1. The summed E-state index contributed by atoms with van der Waals surface area (Å²) < 4.78 is 45.0. The van der Waals surface area contributed by atoms with Gasteiger partial charge in [0.25, 0.3) is 10.0 Å². The van der Waals surface area contributed by atoms with Gasteiger partial charge in [-0.1, -0.05) is 57.2 Å². The fourth-order valence-corrected chi connectivity index (χ4v) is 6.09. The van der Waals surface area contributed by atoms with Crippen molar-refractivity contribution in [2.24, 2.45) is 0 Å². The highest BCUT2D eigenvalue weighted by molar-refractivity contribution is 7.92. The minimum atomic E-state index is -4.25. The van der Waals surface area contributed by atoms with Crippen molar-refractivity contribution in [3.63, 3.8) is 0 Å². The highest BCUT2D eigenvalue weighted by Gasteiger charge is 2.29. The first-order valence-electron chi connectivity index (χ1n) is 14.4. The Bertz CT molecular complexity index is 1760. The molecule has 0 saturated carbocycles. The lowest BCUT2D eigenvalue weighted by molar-refractivity contribution is -0.114. The third kappa shape index (κ3) is 7.82. The number of carbonyl (C=O) groups is 2. The van der Waals surface area contributed by atoms with E-state index in [1.165, 1.54) is 32.4 Å². The highest BCUT2D eigenvalue weighted by Crippen LogP contribution is 2.33. The van der Waals surface area contributed by atoms with Crippen LogP contribution < -0.4 is 23.8 Å². The van der Waals surface area contributed by atoms with Crippen molar-refractivity contribution in [2.45, 2.75) is 38.0 Å². The van der Waals surface area contributed by atoms with E-state index in [-0.39, 0.29) is 27.5 Å². The van der Waals surface area contributed by atoms with Crippen molar-refractivity contribution in [1.29, 1.82) is 0 Å². The maximum atomic E-state index is 14.0. The van der Waals surface area contributed by atoms with Crippen LogP contribution in [0.15, 0.2) is 95.9 Å². The summed E-state index contributed by atoms with van der Waals surface area (Å²) >= 11 is 0. The maximum Gasteiger partial charge on any atom is 0.264 e. The first kappa shape index (κ1) is 33.1. The Labute approximate surface area is 264 Å². The molecule has 0 fully saturated rings. The molecule has 0 aliphatic heterocycles. The fourth-order valence-electron chi connectivity index (χ4n) is 4.65. The van der Waals surface area contributed by atoms with E-state index in [4.69, 9.17) is 14.2 Å². The van der Waals surface area contributed by atoms with Crippen LogP contribution in [0.3, 0.4) is 0 Å². The van der Waals surface area contributed by atoms with Crippen LogP contribution in [-0.2, 0) is 20.2 Å². The maximum absolute atomic E-state index is 14.0. The molecule has 0 aliphatic rings. The van der Waals surface area contributed by atoms with E-state index < -0.39 is 22.5 Å². The van der Waals surface area contributed by atoms with Crippen LogP contribution in [0.25, 0.3) is 0 Å². The normalized spacial score (nSPS) is 11.4. The first-order valence-corrected chi connectivity index (χ1v) is 15.8. The van der Waals surface area contributed by atoms with Gasteiger partial charge in [-0.3, -0.25) is 13.9 Å². The minimum Gasteiger partial charge on any atom is -0.494 e. The monoisotopic (exact) mass is 630 g/mol. The molecule has 236 valence electrons. The van der Waals surface area contributed by atoms with Crippen molar-refractivity contribution in [1.82, 2.24) is 0 Å². The smallest absolute Gasteiger partial charge is 0.264 e. The second kappa shape index (κ2) is 13.9. The zero-order chi connectivity index (χ0) is 32.8. The quantitative estimate of drug-likeness (QED) is 0.179. The third-order valence-electron chi connectivity index (χ3n) is 7.09. The van der Waals surface area contributed by atoms with Crippen LogP contribution in [0.2, 0.25) is 0 Å². The molecule has 10 heteroatoms. The van der Waals surface area contributed by atoms with Crippen molar-refractivity contribution in [2.75, 3.05) is 37.0 Å². The zero-order valence-corrected chi connectivity index (χ0v) is 27.1. The second-order valence-corrected chi connectivity index (χ2v) is 13.1. The molecule has 1 N–H and O–H groups in total. The van der Waals surface area contributed by atoms with Crippen LogP contribution >= 0.6 is 0 Å². The van der Waals surface area contributed by atoms with Crippen molar-refractivity contribution in [3.8, 4) is 17.2 Å². The lowest BCUT2D eigenvalue weighted by Crippen LogP contribution is -2.38. The number of sulfonamides is 1. The van der Waals surface area contributed by atoms with E-state index in [2.05, 4.69) is 26.1 Å². The molecular weight excluding hydrogens is 592 g/mol. The van der Waals surface area contributed by atoms with E-state index in [9.17, 15) is 18.0 Å². The molecule has 0 aliphatic carbocycles. The molecule has 45 heavy (non-hydrogen) atoms. The molecule has 0 bridgehead atoms. The number of carbonyl (C=O) groups excluding carboxylic acids is 2. The lowest BCUT2D eigenvalue weighted by atomic mass is 9.86. The largest absolute Gasteiger partial charge is 0.494 e. The van der Waals surface area contributed by atoms with Crippen LogP contribution in [0.1, 0.15) is 49.2 Å². The number of rotatable bonds is 12. The molecule has 4 aromatic rings. The standard InChI is InChI=1S/C35H38N2O7S/c1-7-44-29-17-15-28(16-18-29)37(45(40,41)30-19-20-31(42-5)32(22-30)43-6)23-33(38)36-27-10-8-9-25(21-27)34(39)24-11-13-26(14-12-24)35(2,3)4/h8-22H,7,23H2,1-6H3,(H,36,38). The topological polar surface area (TPSA) is 111 Å². The Balaban J connectivity index is 1.61. The summed E-state index contributed by atoms with van der Waals surface area (Å²) in [6.45, 7) is 8.05. The average molecular weight is 631 g/mol. The van der Waals surface area contributed by atoms with Gasteiger partial charge in [0.05, 0.1) is 31.4 Å². The molecule has 0 heterocycles. The highest BCUT2D eigenvalue weighted by atomic mass is 32.2. The van der Waals surface area contributed by atoms with Gasteiger partial charge in [0.15, 0.2) is 17.3 Å². The number of anilines is 2. The summed E-state index contributed by atoms with van der Waals surface area (Å²) in [7, 11) is -1.39. The number of benzene rings is 4. The molecule has 0 atom stereocenters.